The molecule has 0 aliphatic carbocycles. The molecule has 5 nitrogen and oxygen atoms in total. The first-order chi connectivity index (χ1) is 7.13. The van der Waals surface area contributed by atoms with E-state index in [-0.39, 0.29) is 5.71 Å². The van der Waals surface area contributed by atoms with E-state index in [0.717, 1.165) is 0 Å². The molecule has 1 rings (SSSR count). The molecule has 1 aromatic carbocycles. The van der Waals surface area contributed by atoms with Crippen molar-refractivity contribution in [3.63, 3.8) is 0 Å². The molecule has 6 heteroatoms. The van der Waals surface area contributed by atoms with Crippen LogP contribution in [0, 0.1) is 11.3 Å². The summed E-state index contributed by atoms with van der Waals surface area (Å²) in [6.45, 7) is 0. The van der Waals surface area contributed by atoms with E-state index in [4.69, 9.17) is 22.6 Å². The molecule has 1 aromatic rings. The van der Waals surface area contributed by atoms with Gasteiger partial charge in [0.2, 0.25) is 5.71 Å². The Morgan fingerprint density at radius 1 is 1.47 bits per heavy atom. The van der Waals surface area contributed by atoms with Crippen LogP contribution in [0.15, 0.2) is 29.4 Å². The zero-order valence-corrected chi connectivity index (χ0v) is 8.32. The second kappa shape index (κ2) is 4.98. The summed E-state index contributed by atoms with van der Waals surface area (Å²) in [7, 11) is 0. The van der Waals surface area contributed by atoms with Crippen molar-refractivity contribution in [2.75, 3.05) is 5.43 Å². The molecule has 0 spiro atoms. The third-order valence-electron chi connectivity index (χ3n) is 1.48. The predicted octanol–water partition coefficient (Wildman–Crippen LogP) is 1.12. The quantitative estimate of drug-likeness (QED) is 0.593. The van der Waals surface area contributed by atoms with Gasteiger partial charge in [-0.1, -0.05) is 11.6 Å². The lowest BCUT2D eigenvalue weighted by Crippen LogP contribution is -2.22. The Balaban J connectivity index is 2.76. The molecule has 0 atom stereocenters. The van der Waals surface area contributed by atoms with Crippen molar-refractivity contribution < 1.29 is 4.79 Å². The highest BCUT2D eigenvalue weighted by atomic mass is 35.5. The van der Waals surface area contributed by atoms with Crippen LogP contribution in [0.1, 0.15) is 0 Å². The van der Waals surface area contributed by atoms with Crippen LogP contribution in [0.4, 0.5) is 5.69 Å². The Hall–Kier alpha value is -2.06. The molecule has 0 saturated heterocycles. The van der Waals surface area contributed by atoms with E-state index in [9.17, 15) is 4.79 Å². The number of anilines is 1. The normalized spacial score (nSPS) is 10.5. The molecule has 0 aliphatic heterocycles. The van der Waals surface area contributed by atoms with Gasteiger partial charge in [0, 0.05) is 5.02 Å². The summed E-state index contributed by atoms with van der Waals surface area (Å²) < 4.78 is 0. The van der Waals surface area contributed by atoms with Crippen LogP contribution in [0.3, 0.4) is 0 Å². The summed E-state index contributed by atoms with van der Waals surface area (Å²) in [5.74, 6) is -0.876. The van der Waals surface area contributed by atoms with Crippen LogP contribution in [-0.2, 0) is 4.79 Å². The van der Waals surface area contributed by atoms with Gasteiger partial charge in [-0.3, -0.25) is 10.2 Å². The van der Waals surface area contributed by atoms with E-state index >= 15 is 0 Å². The van der Waals surface area contributed by atoms with Gasteiger partial charge >= 0.3 is 0 Å². The smallest absolute Gasteiger partial charge is 0.280 e. The van der Waals surface area contributed by atoms with E-state index < -0.39 is 5.91 Å². The number of carbonyl (C=O) groups is 1. The van der Waals surface area contributed by atoms with Gasteiger partial charge in [0.05, 0.1) is 5.69 Å². The van der Waals surface area contributed by atoms with Crippen LogP contribution in [-0.4, -0.2) is 11.6 Å². The van der Waals surface area contributed by atoms with Crippen molar-refractivity contribution in [3.8, 4) is 6.07 Å². The number of hydrogen-bond donors (Lipinski definition) is 2. The van der Waals surface area contributed by atoms with Gasteiger partial charge in [0.15, 0.2) is 0 Å². The molecule has 0 heterocycles. The average molecular weight is 223 g/mol. The summed E-state index contributed by atoms with van der Waals surface area (Å²) in [5.41, 5.74) is 7.61. The molecule has 1 amide bonds. The Morgan fingerprint density at radius 2 is 2.07 bits per heavy atom. The summed E-state index contributed by atoms with van der Waals surface area (Å²) in [6.07, 6.45) is 0. The van der Waals surface area contributed by atoms with E-state index in [2.05, 4.69) is 10.5 Å². The van der Waals surface area contributed by atoms with Gasteiger partial charge in [-0.15, -0.1) is 0 Å². The number of halogens is 1. The van der Waals surface area contributed by atoms with Gasteiger partial charge in [-0.05, 0) is 24.3 Å². The number of nitrogens with one attached hydrogen (secondary N) is 1. The van der Waals surface area contributed by atoms with Crippen molar-refractivity contribution >= 4 is 28.9 Å². The van der Waals surface area contributed by atoms with E-state index in [1.165, 1.54) is 0 Å². The Kier molecular flexibility index (Phi) is 3.66. The molecule has 0 unspecified atom stereocenters. The van der Waals surface area contributed by atoms with Crippen LogP contribution >= 0.6 is 11.6 Å². The summed E-state index contributed by atoms with van der Waals surface area (Å²) in [4.78, 5) is 10.6. The third-order valence-corrected chi connectivity index (χ3v) is 1.73. The van der Waals surface area contributed by atoms with E-state index in [1.54, 1.807) is 30.3 Å². The summed E-state index contributed by atoms with van der Waals surface area (Å²) in [5, 5.41) is 12.6. The Bertz CT molecular complexity index is 432. The summed E-state index contributed by atoms with van der Waals surface area (Å²) >= 11 is 5.66. The molecule has 0 bridgehead atoms. The maximum Gasteiger partial charge on any atom is 0.280 e. The van der Waals surface area contributed by atoms with Crippen LogP contribution in [0.2, 0.25) is 5.02 Å². The van der Waals surface area contributed by atoms with Crippen LogP contribution in [0.25, 0.3) is 0 Å². The maximum atomic E-state index is 10.6. The number of carbonyl (C=O) groups excluding carboxylic acids is 1. The number of amides is 1. The fraction of sp³-hybridized carbons (Fsp3) is 0. The van der Waals surface area contributed by atoms with E-state index in [1.807, 2.05) is 0 Å². The zero-order valence-electron chi connectivity index (χ0n) is 7.57. The first-order valence-corrected chi connectivity index (χ1v) is 4.30. The molecule has 0 aliphatic rings. The summed E-state index contributed by atoms with van der Waals surface area (Å²) in [6, 6.07) is 8.18. The second-order valence-corrected chi connectivity index (χ2v) is 2.99. The lowest BCUT2D eigenvalue weighted by molar-refractivity contribution is -0.111. The molecule has 15 heavy (non-hydrogen) atoms. The minimum absolute atomic E-state index is 0.384. The maximum absolute atomic E-state index is 10.6. The third kappa shape index (κ3) is 3.29. The number of hydrogen-bond acceptors (Lipinski definition) is 4. The van der Waals surface area contributed by atoms with Gasteiger partial charge in [-0.25, -0.2) is 0 Å². The van der Waals surface area contributed by atoms with Crippen molar-refractivity contribution in [3.05, 3.63) is 29.3 Å². The zero-order chi connectivity index (χ0) is 11.3. The molecular formula is C9H7ClN4O. The molecule has 76 valence electrons. The van der Waals surface area contributed by atoms with Crippen LogP contribution in [0.5, 0.6) is 0 Å². The molecule has 0 aromatic heterocycles. The minimum Gasteiger partial charge on any atom is -0.364 e. The number of hydrazone groups is 1. The fourth-order valence-electron chi connectivity index (χ4n) is 0.780. The average Bonchev–Trinajstić information content (AvgIpc) is 2.21. The molecule has 0 fully saturated rings. The highest BCUT2D eigenvalue weighted by Crippen LogP contribution is 2.13. The number of nitriles is 1. The van der Waals surface area contributed by atoms with Crippen molar-refractivity contribution in [1.29, 1.82) is 5.26 Å². The van der Waals surface area contributed by atoms with Gasteiger partial charge in [0.25, 0.3) is 5.91 Å². The first-order valence-electron chi connectivity index (χ1n) is 3.92. The molecule has 0 radical (unpaired) electrons. The largest absolute Gasteiger partial charge is 0.364 e. The van der Waals surface area contributed by atoms with Crippen molar-refractivity contribution in [2.24, 2.45) is 10.8 Å². The predicted molar refractivity (Wildman–Crippen MR) is 57.3 cm³/mol. The number of benzene rings is 1. The number of nitrogens with two attached hydrogens (primary N) is 1. The van der Waals surface area contributed by atoms with Crippen LogP contribution < -0.4 is 11.2 Å². The molecule has 3 N–H and O–H groups in total. The highest BCUT2D eigenvalue weighted by Gasteiger charge is 2.04. The first kappa shape index (κ1) is 11.0. The van der Waals surface area contributed by atoms with E-state index in [0.29, 0.717) is 10.7 Å². The fourth-order valence-corrected chi connectivity index (χ4v) is 0.906. The second-order valence-electron chi connectivity index (χ2n) is 2.56. The number of primary amides is 1. The number of nitrogens with zero attached hydrogens (tertiary/aromatic N) is 2. The SMILES string of the molecule is N#C/C(=N/Nc1ccc(Cl)cc1)C(N)=O. The van der Waals surface area contributed by atoms with Gasteiger partial charge < -0.3 is 5.73 Å². The lowest BCUT2D eigenvalue weighted by Gasteiger charge is -1.99. The minimum atomic E-state index is -0.876. The Morgan fingerprint density at radius 3 is 2.53 bits per heavy atom. The van der Waals surface area contributed by atoms with Gasteiger partial charge in [-0.2, -0.15) is 10.4 Å². The molecular weight excluding hydrogens is 216 g/mol. The van der Waals surface area contributed by atoms with Crippen molar-refractivity contribution in [2.45, 2.75) is 0 Å². The lowest BCUT2D eigenvalue weighted by atomic mass is 10.3. The van der Waals surface area contributed by atoms with Crippen molar-refractivity contribution in [1.82, 2.24) is 0 Å². The highest BCUT2D eigenvalue weighted by molar-refractivity contribution is 6.44. The Labute approximate surface area is 91.1 Å². The standard InChI is InChI=1S/C9H7ClN4O/c10-6-1-3-7(4-2-6)13-14-8(5-11)9(12)15/h1-4,13H,(H2,12,15)/b14-8-. The topological polar surface area (TPSA) is 91.3 Å². The molecule has 0 saturated carbocycles. The van der Waals surface area contributed by atoms with Gasteiger partial charge in [0.1, 0.15) is 6.07 Å². The number of rotatable bonds is 3. The monoisotopic (exact) mass is 222 g/mol.